The summed E-state index contributed by atoms with van der Waals surface area (Å²) < 4.78 is 4.65. The summed E-state index contributed by atoms with van der Waals surface area (Å²) in [5.74, 6) is -0.370. The van der Waals surface area contributed by atoms with Gasteiger partial charge in [0.25, 0.3) is 0 Å². The van der Waals surface area contributed by atoms with Crippen LogP contribution in [0.25, 0.3) is 0 Å². The number of esters is 1. The van der Waals surface area contributed by atoms with Crippen LogP contribution in [0.2, 0.25) is 0 Å². The third-order valence-corrected chi connectivity index (χ3v) is 3.06. The minimum Gasteiger partial charge on any atom is -0.465 e. The minimum absolute atomic E-state index is 0.370. The smallest absolute Gasteiger partial charge is 0.337 e. The molecule has 0 radical (unpaired) electrons. The van der Waals surface area contributed by atoms with Gasteiger partial charge in [0.05, 0.1) is 24.0 Å². The number of nitrogen functional groups attached to an aromatic ring is 1. The predicted octanol–water partition coefficient (Wildman–Crippen LogP) is 2.93. The molecule has 0 unspecified atom stereocenters. The van der Waals surface area contributed by atoms with Crippen molar-refractivity contribution in [2.24, 2.45) is 0 Å². The number of nitrogens with one attached hydrogen (secondary N) is 1. The molecule has 96 valence electrons. The molecule has 0 bridgehead atoms. The van der Waals surface area contributed by atoms with Crippen LogP contribution >= 0.6 is 0 Å². The number of hydrogen-bond donors (Lipinski definition) is 2. The predicted molar refractivity (Wildman–Crippen MR) is 72.4 cm³/mol. The SMILES string of the molecule is COC(=O)c1ccc(NC2=CCCCC2)c(N)c1. The highest BCUT2D eigenvalue weighted by Crippen LogP contribution is 2.25. The fraction of sp³-hybridized carbons (Fsp3) is 0.357. The van der Waals surface area contributed by atoms with E-state index in [1.807, 2.05) is 6.07 Å². The van der Waals surface area contributed by atoms with Crippen molar-refractivity contribution < 1.29 is 9.53 Å². The second-order valence-corrected chi connectivity index (χ2v) is 4.39. The summed E-state index contributed by atoms with van der Waals surface area (Å²) >= 11 is 0. The topological polar surface area (TPSA) is 64.3 Å². The van der Waals surface area contributed by atoms with Gasteiger partial charge in [0.15, 0.2) is 0 Å². The molecule has 0 atom stereocenters. The molecule has 0 fully saturated rings. The second kappa shape index (κ2) is 5.58. The van der Waals surface area contributed by atoms with Crippen LogP contribution in [0.5, 0.6) is 0 Å². The Labute approximate surface area is 107 Å². The lowest BCUT2D eigenvalue weighted by Gasteiger charge is -2.16. The Morgan fingerprint density at radius 1 is 1.39 bits per heavy atom. The number of anilines is 2. The molecule has 2 rings (SSSR count). The largest absolute Gasteiger partial charge is 0.465 e. The lowest BCUT2D eigenvalue weighted by atomic mass is 10.0. The molecule has 1 aliphatic rings. The van der Waals surface area contributed by atoms with Crippen LogP contribution in [0.4, 0.5) is 11.4 Å². The fourth-order valence-corrected chi connectivity index (χ4v) is 2.05. The molecule has 1 aliphatic carbocycles. The summed E-state index contributed by atoms with van der Waals surface area (Å²) in [7, 11) is 1.36. The summed E-state index contributed by atoms with van der Waals surface area (Å²) in [5.41, 5.74) is 9.01. The van der Waals surface area contributed by atoms with Crippen LogP contribution in [-0.2, 0) is 4.74 Å². The van der Waals surface area contributed by atoms with Gasteiger partial charge in [0, 0.05) is 5.70 Å². The normalized spacial score (nSPS) is 14.8. The Morgan fingerprint density at radius 3 is 2.83 bits per heavy atom. The Balaban J connectivity index is 2.14. The Kier molecular flexibility index (Phi) is 3.87. The lowest BCUT2D eigenvalue weighted by Crippen LogP contribution is -2.07. The third kappa shape index (κ3) is 2.83. The maximum atomic E-state index is 11.4. The van der Waals surface area contributed by atoms with Gasteiger partial charge >= 0.3 is 5.97 Å². The molecule has 0 heterocycles. The average Bonchev–Trinajstić information content (AvgIpc) is 2.41. The molecule has 4 nitrogen and oxygen atoms in total. The number of methoxy groups -OCH3 is 1. The van der Waals surface area contributed by atoms with E-state index in [1.54, 1.807) is 12.1 Å². The molecule has 1 aromatic carbocycles. The second-order valence-electron chi connectivity index (χ2n) is 4.39. The quantitative estimate of drug-likeness (QED) is 0.635. The van der Waals surface area contributed by atoms with Gasteiger partial charge in [-0.25, -0.2) is 4.79 Å². The van der Waals surface area contributed by atoms with Crippen LogP contribution in [0.15, 0.2) is 30.0 Å². The van der Waals surface area contributed by atoms with Crippen molar-refractivity contribution in [3.05, 3.63) is 35.5 Å². The van der Waals surface area contributed by atoms with E-state index in [0.29, 0.717) is 11.3 Å². The number of carbonyl (C=O) groups excluding carboxylic acids is 1. The Morgan fingerprint density at radius 2 is 2.22 bits per heavy atom. The van der Waals surface area contributed by atoms with Crippen LogP contribution in [0.3, 0.4) is 0 Å². The molecule has 0 amide bonds. The number of benzene rings is 1. The van der Waals surface area contributed by atoms with Gasteiger partial charge in [0.2, 0.25) is 0 Å². The van der Waals surface area contributed by atoms with E-state index in [9.17, 15) is 4.79 Å². The molecular formula is C14H18N2O2. The van der Waals surface area contributed by atoms with Crippen LogP contribution in [0, 0.1) is 0 Å². The summed E-state index contributed by atoms with van der Waals surface area (Å²) in [6.45, 7) is 0. The summed E-state index contributed by atoms with van der Waals surface area (Å²) in [6, 6.07) is 5.17. The average molecular weight is 246 g/mol. The van der Waals surface area contributed by atoms with Gasteiger partial charge in [-0.15, -0.1) is 0 Å². The first kappa shape index (κ1) is 12.5. The monoisotopic (exact) mass is 246 g/mol. The van der Waals surface area contributed by atoms with E-state index in [4.69, 9.17) is 5.73 Å². The van der Waals surface area contributed by atoms with E-state index in [0.717, 1.165) is 18.5 Å². The van der Waals surface area contributed by atoms with Crippen molar-refractivity contribution in [2.75, 3.05) is 18.2 Å². The number of nitrogens with two attached hydrogens (primary N) is 1. The van der Waals surface area contributed by atoms with Crippen molar-refractivity contribution >= 4 is 17.3 Å². The standard InChI is InChI=1S/C14H18N2O2/c1-18-14(17)10-7-8-13(12(15)9-10)16-11-5-3-2-4-6-11/h5,7-9,16H,2-4,6,15H2,1H3. The molecule has 1 aromatic rings. The van der Waals surface area contributed by atoms with Gasteiger partial charge in [0.1, 0.15) is 0 Å². The zero-order valence-electron chi connectivity index (χ0n) is 10.5. The first-order chi connectivity index (χ1) is 8.70. The minimum atomic E-state index is -0.370. The number of ether oxygens (including phenoxy) is 1. The number of carbonyl (C=O) groups is 1. The van der Waals surface area contributed by atoms with Crippen molar-refractivity contribution in [1.29, 1.82) is 0 Å². The van der Waals surface area contributed by atoms with Gasteiger partial charge < -0.3 is 15.8 Å². The lowest BCUT2D eigenvalue weighted by molar-refractivity contribution is 0.0601. The van der Waals surface area contributed by atoms with Gasteiger partial charge in [-0.2, -0.15) is 0 Å². The van der Waals surface area contributed by atoms with Crippen molar-refractivity contribution in [3.63, 3.8) is 0 Å². The van der Waals surface area contributed by atoms with E-state index >= 15 is 0 Å². The number of hydrogen-bond acceptors (Lipinski definition) is 4. The maximum Gasteiger partial charge on any atom is 0.337 e. The van der Waals surface area contributed by atoms with Gasteiger partial charge in [-0.05, 0) is 43.9 Å². The van der Waals surface area contributed by atoms with Crippen molar-refractivity contribution in [2.45, 2.75) is 25.7 Å². The van der Waals surface area contributed by atoms with E-state index in [-0.39, 0.29) is 5.97 Å². The van der Waals surface area contributed by atoms with E-state index in [2.05, 4.69) is 16.1 Å². The molecule has 3 N–H and O–H groups in total. The number of allylic oxidation sites excluding steroid dienone is 2. The van der Waals surface area contributed by atoms with Crippen LogP contribution in [0.1, 0.15) is 36.0 Å². The molecule has 18 heavy (non-hydrogen) atoms. The first-order valence-electron chi connectivity index (χ1n) is 6.14. The molecule has 4 heteroatoms. The molecule has 0 aromatic heterocycles. The summed E-state index contributed by atoms with van der Waals surface area (Å²) in [4.78, 5) is 11.4. The summed E-state index contributed by atoms with van der Waals surface area (Å²) in [6.07, 6.45) is 6.83. The van der Waals surface area contributed by atoms with E-state index in [1.165, 1.54) is 25.6 Å². The zero-order chi connectivity index (χ0) is 13.0. The van der Waals surface area contributed by atoms with Gasteiger partial charge in [-0.3, -0.25) is 0 Å². The third-order valence-electron chi connectivity index (χ3n) is 3.06. The highest BCUT2D eigenvalue weighted by molar-refractivity contribution is 5.92. The van der Waals surface area contributed by atoms with Crippen molar-refractivity contribution in [1.82, 2.24) is 0 Å². The number of rotatable bonds is 3. The zero-order valence-corrected chi connectivity index (χ0v) is 10.5. The fourth-order valence-electron chi connectivity index (χ4n) is 2.05. The first-order valence-corrected chi connectivity index (χ1v) is 6.14. The Bertz CT molecular complexity index is 481. The van der Waals surface area contributed by atoms with Crippen LogP contribution in [-0.4, -0.2) is 13.1 Å². The summed E-state index contributed by atoms with van der Waals surface area (Å²) in [5, 5.41) is 3.32. The highest BCUT2D eigenvalue weighted by atomic mass is 16.5. The molecule has 0 spiro atoms. The molecule has 0 saturated heterocycles. The van der Waals surface area contributed by atoms with Crippen molar-refractivity contribution in [3.8, 4) is 0 Å². The highest BCUT2D eigenvalue weighted by Gasteiger charge is 2.09. The Hall–Kier alpha value is -1.97. The molecule has 0 saturated carbocycles. The van der Waals surface area contributed by atoms with Crippen LogP contribution < -0.4 is 11.1 Å². The van der Waals surface area contributed by atoms with Gasteiger partial charge in [-0.1, -0.05) is 6.08 Å². The molecular weight excluding hydrogens is 228 g/mol. The van der Waals surface area contributed by atoms with E-state index < -0.39 is 0 Å². The molecule has 0 aliphatic heterocycles. The maximum absolute atomic E-state index is 11.4.